The van der Waals surface area contributed by atoms with Crippen LogP contribution < -0.4 is 0 Å². The van der Waals surface area contributed by atoms with E-state index in [9.17, 15) is 4.79 Å². The monoisotopic (exact) mass is 236 g/mol. The van der Waals surface area contributed by atoms with Gasteiger partial charge in [-0.1, -0.05) is 23.8 Å². The SMILES string of the molecule is C=C(C)C(C(=O)OCCCC=C(C)C)=C(C)C. The third-order valence-electron chi connectivity index (χ3n) is 2.27. The Morgan fingerprint density at radius 2 is 1.76 bits per heavy atom. The molecule has 0 amide bonds. The van der Waals surface area contributed by atoms with Crippen LogP contribution in [0.3, 0.4) is 0 Å². The summed E-state index contributed by atoms with van der Waals surface area (Å²) in [6, 6.07) is 0. The molecule has 96 valence electrons. The molecule has 0 aromatic carbocycles. The van der Waals surface area contributed by atoms with E-state index in [-0.39, 0.29) is 5.97 Å². The molecule has 0 aliphatic rings. The Hall–Kier alpha value is -1.31. The minimum atomic E-state index is -0.255. The smallest absolute Gasteiger partial charge is 0.338 e. The summed E-state index contributed by atoms with van der Waals surface area (Å²) < 4.78 is 5.22. The molecule has 0 saturated carbocycles. The van der Waals surface area contributed by atoms with Gasteiger partial charge in [0.15, 0.2) is 0 Å². The minimum Gasteiger partial charge on any atom is -0.462 e. The molecule has 2 nitrogen and oxygen atoms in total. The first-order valence-electron chi connectivity index (χ1n) is 6.00. The van der Waals surface area contributed by atoms with Gasteiger partial charge in [-0.3, -0.25) is 0 Å². The summed E-state index contributed by atoms with van der Waals surface area (Å²) in [4.78, 5) is 11.8. The summed E-state index contributed by atoms with van der Waals surface area (Å²) in [5.74, 6) is -0.255. The van der Waals surface area contributed by atoms with Gasteiger partial charge in [-0.15, -0.1) is 0 Å². The highest BCUT2D eigenvalue weighted by Gasteiger charge is 2.12. The zero-order valence-corrected chi connectivity index (χ0v) is 11.7. The molecule has 0 rings (SSSR count). The predicted octanol–water partition coefficient (Wildman–Crippen LogP) is 4.19. The Morgan fingerprint density at radius 3 is 2.18 bits per heavy atom. The number of esters is 1. The lowest BCUT2D eigenvalue weighted by atomic mass is 10.1. The number of carbonyl (C=O) groups excluding carboxylic acids is 1. The lowest BCUT2D eigenvalue weighted by Crippen LogP contribution is -2.11. The van der Waals surface area contributed by atoms with E-state index in [1.165, 1.54) is 5.57 Å². The molecule has 0 N–H and O–H groups in total. The number of hydrogen-bond donors (Lipinski definition) is 0. The number of allylic oxidation sites excluding steroid dienone is 3. The van der Waals surface area contributed by atoms with Crippen molar-refractivity contribution < 1.29 is 9.53 Å². The van der Waals surface area contributed by atoms with Crippen LogP contribution in [-0.2, 0) is 9.53 Å². The van der Waals surface area contributed by atoms with Crippen LogP contribution in [0.25, 0.3) is 0 Å². The van der Waals surface area contributed by atoms with Crippen molar-refractivity contribution in [3.63, 3.8) is 0 Å². The fourth-order valence-corrected chi connectivity index (χ4v) is 1.52. The maximum absolute atomic E-state index is 11.8. The fraction of sp³-hybridized carbons (Fsp3) is 0.533. The van der Waals surface area contributed by atoms with Gasteiger partial charge >= 0.3 is 5.97 Å². The van der Waals surface area contributed by atoms with Gasteiger partial charge in [-0.25, -0.2) is 4.79 Å². The third kappa shape index (κ3) is 6.77. The van der Waals surface area contributed by atoms with E-state index in [0.717, 1.165) is 24.0 Å². The Labute approximate surface area is 105 Å². The zero-order valence-electron chi connectivity index (χ0n) is 11.7. The van der Waals surface area contributed by atoms with E-state index < -0.39 is 0 Å². The van der Waals surface area contributed by atoms with E-state index in [1.807, 2.05) is 20.8 Å². The Kier molecular flexibility index (Phi) is 7.27. The van der Waals surface area contributed by atoms with Gasteiger partial charge < -0.3 is 4.74 Å². The Balaban J connectivity index is 4.15. The number of hydrogen-bond acceptors (Lipinski definition) is 2. The number of ether oxygens (including phenoxy) is 1. The molecule has 0 bridgehead atoms. The summed E-state index contributed by atoms with van der Waals surface area (Å²) in [5.41, 5.74) is 3.63. The lowest BCUT2D eigenvalue weighted by molar-refractivity contribution is -0.138. The van der Waals surface area contributed by atoms with Crippen LogP contribution in [0.5, 0.6) is 0 Å². The zero-order chi connectivity index (χ0) is 13.4. The van der Waals surface area contributed by atoms with Gasteiger partial charge in [0.1, 0.15) is 0 Å². The molecular weight excluding hydrogens is 212 g/mol. The normalized spacial score (nSPS) is 9.47. The molecule has 0 spiro atoms. The molecular formula is C15H24O2. The molecule has 0 fully saturated rings. The summed E-state index contributed by atoms with van der Waals surface area (Å²) >= 11 is 0. The van der Waals surface area contributed by atoms with Gasteiger partial charge in [0.2, 0.25) is 0 Å². The van der Waals surface area contributed by atoms with Crippen LogP contribution in [0.1, 0.15) is 47.5 Å². The van der Waals surface area contributed by atoms with Crippen molar-refractivity contribution in [2.24, 2.45) is 0 Å². The maximum Gasteiger partial charge on any atom is 0.338 e. The standard InChI is InChI=1S/C15H24O2/c1-11(2)9-7-8-10-17-15(16)14(12(3)4)13(5)6/h9H,3,7-8,10H2,1-2,4-6H3. The van der Waals surface area contributed by atoms with Gasteiger partial charge in [0, 0.05) is 0 Å². The van der Waals surface area contributed by atoms with E-state index in [4.69, 9.17) is 4.74 Å². The van der Waals surface area contributed by atoms with Crippen molar-refractivity contribution in [1.82, 2.24) is 0 Å². The Bertz CT molecular complexity index is 338. The summed E-state index contributed by atoms with van der Waals surface area (Å²) in [6.45, 7) is 14.0. The molecule has 0 aliphatic carbocycles. The first-order valence-corrected chi connectivity index (χ1v) is 6.00. The molecule has 0 aromatic rings. The van der Waals surface area contributed by atoms with E-state index in [1.54, 1.807) is 0 Å². The highest BCUT2D eigenvalue weighted by molar-refractivity contribution is 5.93. The van der Waals surface area contributed by atoms with Crippen LogP contribution in [0, 0.1) is 0 Å². The number of rotatable bonds is 6. The minimum absolute atomic E-state index is 0.255. The molecule has 0 aromatic heterocycles. The Morgan fingerprint density at radius 1 is 1.18 bits per heavy atom. The van der Waals surface area contributed by atoms with Crippen LogP contribution in [0.2, 0.25) is 0 Å². The van der Waals surface area contributed by atoms with Gasteiger partial charge in [0.05, 0.1) is 12.2 Å². The first-order chi connectivity index (χ1) is 7.86. The number of unbranched alkanes of at least 4 members (excludes halogenated alkanes) is 1. The average molecular weight is 236 g/mol. The van der Waals surface area contributed by atoms with Crippen LogP contribution in [-0.4, -0.2) is 12.6 Å². The summed E-state index contributed by atoms with van der Waals surface area (Å²) in [6.07, 6.45) is 3.96. The highest BCUT2D eigenvalue weighted by atomic mass is 16.5. The topological polar surface area (TPSA) is 26.3 Å². The summed E-state index contributed by atoms with van der Waals surface area (Å²) in [5, 5.41) is 0. The van der Waals surface area contributed by atoms with Crippen molar-refractivity contribution in [2.75, 3.05) is 6.61 Å². The van der Waals surface area contributed by atoms with Gasteiger partial charge in [-0.2, -0.15) is 0 Å². The van der Waals surface area contributed by atoms with E-state index >= 15 is 0 Å². The van der Waals surface area contributed by atoms with Crippen LogP contribution >= 0.6 is 0 Å². The van der Waals surface area contributed by atoms with Crippen molar-refractivity contribution >= 4 is 5.97 Å². The van der Waals surface area contributed by atoms with Crippen molar-refractivity contribution in [1.29, 1.82) is 0 Å². The second-order valence-electron chi connectivity index (χ2n) is 4.71. The summed E-state index contributed by atoms with van der Waals surface area (Å²) in [7, 11) is 0. The van der Waals surface area contributed by atoms with Gasteiger partial charge in [-0.05, 0) is 53.0 Å². The molecule has 0 atom stereocenters. The quantitative estimate of drug-likeness (QED) is 0.227. The van der Waals surface area contributed by atoms with Crippen molar-refractivity contribution in [3.8, 4) is 0 Å². The van der Waals surface area contributed by atoms with Gasteiger partial charge in [0.25, 0.3) is 0 Å². The lowest BCUT2D eigenvalue weighted by Gasteiger charge is -2.09. The highest BCUT2D eigenvalue weighted by Crippen LogP contribution is 2.14. The van der Waals surface area contributed by atoms with Crippen molar-refractivity contribution in [2.45, 2.75) is 47.5 Å². The third-order valence-corrected chi connectivity index (χ3v) is 2.27. The molecule has 0 heterocycles. The molecule has 0 saturated heterocycles. The average Bonchev–Trinajstić information content (AvgIpc) is 2.15. The predicted molar refractivity (Wildman–Crippen MR) is 72.8 cm³/mol. The van der Waals surface area contributed by atoms with Crippen molar-refractivity contribution in [3.05, 3.63) is 34.9 Å². The van der Waals surface area contributed by atoms with Crippen LogP contribution in [0.15, 0.2) is 34.9 Å². The van der Waals surface area contributed by atoms with E-state index in [0.29, 0.717) is 12.2 Å². The molecule has 0 unspecified atom stereocenters. The largest absolute Gasteiger partial charge is 0.462 e. The number of carbonyl (C=O) groups is 1. The molecule has 0 radical (unpaired) electrons. The fourth-order valence-electron chi connectivity index (χ4n) is 1.52. The van der Waals surface area contributed by atoms with E-state index in [2.05, 4.69) is 26.5 Å². The molecule has 0 aliphatic heterocycles. The second-order valence-corrected chi connectivity index (χ2v) is 4.71. The first kappa shape index (κ1) is 15.7. The molecule has 2 heteroatoms. The second kappa shape index (κ2) is 7.88. The molecule has 17 heavy (non-hydrogen) atoms. The maximum atomic E-state index is 11.8. The van der Waals surface area contributed by atoms with Crippen LogP contribution in [0.4, 0.5) is 0 Å².